The SMILES string of the molecule is CCOc1cc(/C=C2\SC(=S)N(c3ccccc3OC)C2=O)ccc1OCC(=O)Nc1ccc(C)cc1. The molecule has 0 aliphatic carbocycles. The molecule has 2 amide bonds. The Bertz CT molecular complexity index is 1350. The number of para-hydroxylation sites is 2. The number of hydrogen-bond acceptors (Lipinski definition) is 7. The fourth-order valence-corrected chi connectivity index (χ4v) is 4.91. The van der Waals surface area contributed by atoms with Crippen LogP contribution in [0.5, 0.6) is 17.2 Å². The molecule has 37 heavy (non-hydrogen) atoms. The van der Waals surface area contributed by atoms with E-state index >= 15 is 0 Å². The topological polar surface area (TPSA) is 77.1 Å². The Kier molecular flexibility index (Phi) is 8.47. The van der Waals surface area contributed by atoms with E-state index < -0.39 is 0 Å². The number of thioether (sulfide) groups is 1. The lowest BCUT2D eigenvalue weighted by Gasteiger charge is -2.17. The average molecular weight is 535 g/mol. The number of carbonyl (C=O) groups is 2. The van der Waals surface area contributed by atoms with Crippen LogP contribution in [0.2, 0.25) is 0 Å². The summed E-state index contributed by atoms with van der Waals surface area (Å²) in [6, 6.07) is 20.0. The molecule has 1 aliphatic rings. The maximum atomic E-state index is 13.2. The van der Waals surface area contributed by atoms with E-state index in [1.165, 1.54) is 16.7 Å². The summed E-state index contributed by atoms with van der Waals surface area (Å²) in [4.78, 5) is 27.5. The molecule has 1 fully saturated rings. The van der Waals surface area contributed by atoms with Crippen LogP contribution in [0.1, 0.15) is 18.1 Å². The Hall–Kier alpha value is -3.82. The fourth-order valence-electron chi connectivity index (χ4n) is 3.62. The Morgan fingerprint density at radius 3 is 2.51 bits per heavy atom. The first-order chi connectivity index (χ1) is 17.9. The van der Waals surface area contributed by atoms with Gasteiger partial charge in [-0.3, -0.25) is 14.5 Å². The maximum absolute atomic E-state index is 13.2. The van der Waals surface area contributed by atoms with Crippen LogP contribution < -0.4 is 24.4 Å². The van der Waals surface area contributed by atoms with Crippen molar-refractivity contribution in [1.82, 2.24) is 0 Å². The van der Waals surface area contributed by atoms with Crippen LogP contribution in [-0.2, 0) is 9.59 Å². The lowest BCUT2D eigenvalue weighted by atomic mass is 10.1. The highest BCUT2D eigenvalue weighted by Gasteiger charge is 2.34. The van der Waals surface area contributed by atoms with Crippen molar-refractivity contribution in [3.63, 3.8) is 0 Å². The normalized spacial score (nSPS) is 14.1. The molecule has 4 rings (SSSR count). The highest BCUT2D eigenvalue weighted by atomic mass is 32.2. The standard InChI is InChI=1S/C28H26N2O5S2/c1-4-34-24-15-19(11-14-23(24)35-17-26(31)29-20-12-9-18(2)10-13-20)16-25-27(32)30(28(36)37-25)21-7-5-6-8-22(21)33-3/h5-16H,4,17H2,1-3H3,(H,29,31)/b25-16-. The van der Waals surface area contributed by atoms with Crippen molar-refractivity contribution >= 4 is 57.6 Å². The number of nitrogens with one attached hydrogen (secondary N) is 1. The average Bonchev–Trinajstić information content (AvgIpc) is 3.17. The zero-order valence-electron chi connectivity index (χ0n) is 20.6. The summed E-state index contributed by atoms with van der Waals surface area (Å²) < 4.78 is 17.3. The van der Waals surface area contributed by atoms with Gasteiger partial charge >= 0.3 is 0 Å². The van der Waals surface area contributed by atoms with Crippen molar-refractivity contribution in [1.29, 1.82) is 0 Å². The van der Waals surface area contributed by atoms with E-state index in [4.69, 9.17) is 26.4 Å². The number of nitrogens with zero attached hydrogens (tertiary/aromatic N) is 1. The number of ether oxygens (including phenoxy) is 3. The summed E-state index contributed by atoms with van der Waals surface area (Å²) in [5, 5.41) is 2.80. The zero-order chi connectivity index (χ0) is 26.4. The smallest absolute Gasteiger partial charge is 0.270 e. The minimum absolute atomic E-state index is 0.176. The summed E-state index contributed by atoms with van der Waals surface area (Å²) in [7, 11) is 1.55. The lowest BCUT2D eigenvalue weighted by Crippen LogP contribution is -2.27. The monoisotopic (exact) mass is 534 g/mol. The molecule has 1 N–H and O–H groups in total. The number of benzene rings is 3. The fraction of sp³-hybridized carbons (Fsp3) is 0.179. The molecule has 0 saturated carbocycles. The third-order valence-electron chi connectivity index (χ3n) is 5.38. The molecule has 0 spiro atoms. The minimum atomic E-state index is -0.282. The van der Waals surface area contributed by atoms with Gasteiger partial charge in [0.05, 0.1) is 24.3 Å². The number of rotatable bonds is 9. The molecule has 1 heterocycles. The van der Waals surface area contributed by atoms with Crippen molar-refractivity contribution in [2.24, 2.45) is 0 Å². The molecule has 0 atom stereocenters. The van der Waals surface area contributed by atoms with Crippen molar-refractivity contribution in [3.8, 4) is 17.2 Å². The van der Waals surface area contributed by atoms with E-state index in [0.717, 1.165) is 11.1 Å². The summed E-state index contributed by atoms with van der Waals surface area (Å²) in [5.74, 6) is 0.951. The van der Waals surface area contributed by atoms with Crippen LogP contribution in [0, 0.1) is 6.92 Å². The van der Waals surface area contributed by atoms with Crippen LogP contribution >= 0.6 is 24.0 Å². The number of hydrogen-bond donors (Lipinski definition) is 1. The van der Waals surface area contributed by atoms with Crippen LogP contribution in [0.25, 0.3) is 6.08 Å². The number of carbonyl (C=O) groups excluding carboxylic acids is 2. The highest BCUT2D eigenvalue weighted by Crippen LogP contribution is 2.40. The predicted molar refractivity (Wildman–Crippen MR) is 152 cm³/mol. The molecular formula is C28H26N2O5S2. The number of aryl methyl sites for hydroxylation is 1. The molecule has 3 aromatic carbocycles. The molecule has 1 aliphatic heterocycles. The van der Waals surface area contributed by atoms with Crippen LogP contribution in [0.3, 0.4) is 0 Å². The molecule has 0 bridgehead atoms. The van der Waals surface area contributed by atoms with Gasteiger partial charge < -0.3 is 19.5 Å². The van der Waals surface area contributed by atoms with Crippen molar-refractivity contribution < 1.29 is 23.8 Å². The second-order valence-corrected chi connectivity index (χ2v) is 9.71. The number of methoxy groups -OCH3 is 1. The molecule has 1 saturated heterocycles. The van der Waals surface area contributed by atoms with Gasteiger partial charge in [-0.15, -0.1) is 0 Å². The second-order valence-electron chi connectivity index (χ2n) is 8.03. The maximum Gasteiger partial charge on any atom is 0.270 e. The molecule has 9 heteroatoms. The summed E-state index contributed by atoms with van der Waals surface area (Å²) in [6.07, 6.45) is 1.76. The Balaban J connectivity index is 1.49. The first-order valence-electron chi connectivity index (χ1n) is 11.6. The van der Waals surface area contributed by atoms with Gasteiger partial charge in [0.25, 0.3) is 11.8 Å². The quantitative estimate of drug-likeness (QED) is 0.274. The van der Waals surface area contributed by atoms with E-state index in [1.807, 2.05) is 50.2 Å². The Morgan fingerprint density at radius 2 is 1.78 bits per heavy atom. The van der Waals surface area contributed by atoms with E-state index in [-0.39, 0.29) is 18.4 Å². The summed E-state index contributed by atoms with van der Waals surface area (Å²) in [6.45, 7) is 4.07. The lowest BCUT2D eigenvalue weighted by molar-refractivity contribution is -0.118. The Morgan fingerprint density at radius 1 is 1.03 bits per heavy atom. The molecule has 3 aromatic rings. The molecule has 0 radical (unpaired) electrons. The van der Waals surface area contributed by atoms with Gasteiger partial charge in [-0.2, -0.15) is 0 Å². The molecule has 0 aromatic heterocycles. The van der Waals surface area contributed by atoms with Gasteiger partial charge in [-0.05, 0) is 61.9 Å². The largest absolute Gasteiger partial charge is 0.495 e. The van der Waals surface area contributed by atoms with Crippen molar-refractivity contribution in [3.05, 3.63) is 82.8 Å². The van der Waals surface area contributed by atoms with Crippen molar-refractivity contribution in [2.75, 3.05) is 30.5 Å². The number of anilines is 2. The van der Waals surface area contributed by atoms with Gasteiger partial charge in [0, 0.05) is 5.69 Å². The molecule has 7 nitrogen and oxygen atoms in total. The van der Waals surface area contributed by atoms with Crippen LogP contribution in [-0.4, -0.2) is 36.5 Å². The van der Waals surface area contributed by atoms with Gasteiger partial charge in [-0.1, -0.05) is 59.9 Å². The Labute approximate surface area is 225 Å². The third-order valence-corrected chi connectivity index (χ3v) is 6.68. The van der Waals surface area contributed by atoms with E-state index in [2.05, 4.69) is 5.32 Å². The second kappa shape index (κ2) is 11.9. The third kappa shape index (κ3) is 6.31. The molecular weight excluding hydrogens is 508 g/mol. The highest BCUT2D eigenvalue weighted by molar-refractivity contribution is 8.27. The molecule has 0 unspecified atom stereocenters. The van der Waals surface area contributed by atoms with Gasteiger partial charge in [0.2, 0.25) is 0 Å². The van der Waals surface area contributed by atoms with Gasteiger partial charge in [0.15, 0.2) is 22.4 Å². The predicted octanol–water partition coefficient (Wildman–Crippen LogP) is 5.83. The summed E-state index contributed by atoms with van der Waals surface area (Å²) >= 11 is 6.71. The number of amides is 2. The summed E-state index contributed by atoms with van der Waals surface area (Å²) in [5.41, 5.74) is 3.14. The van der Waals surface area contributed by atoms with E-state index in [1.54, 1.807) is 43.5 Å². The molecule has 190 valence electrons. The first-order valence-corrected chi connectivity index (χ1v) is 12.8. The van der Waals surface area contributed by atoms with Crippen LogP contribution in [0.15, 0.2) is 71.6 Å². The number of thiocarbonyl (C=S) groups is 1. The van der Waals surface area contributed by atoms with E-state index in [9.17, 15) is 9.59 Å². The van der Waals surface area contributed by atoms with Gasteiger partial charge in [0.1, 0.15) is 5.75 Å². The first kappa shape index (κ1) is 26.2. The van der Waals surface area contributed by atoms with Crippen LogP contribution in [0.4, 0.5) is 11.4 Å². The zero-order valence-corrected chi connectivity index (χ0v) is 22.3. The van der Waals surface area contributed by atoms with Crippen molar-refractivity contribution in [2.45, 2.75) is 13.8 Å². The minimum Gasteiger partial charge on any atom is -0.495 e. The van der Waals surface area contributed by atoms with E-state index in [0.29, 0.717) is 44.5 Å². The van der Waals surface area contributed by atoms with Gasteiger partial charge in [-0.25, -0.2) is 0 Å².